The Bertz CT molecular complexity index is 1210. The Morgan fingerprint density at radius 3 is 2.05 bits per heavy atom. The van der Waals surface area contributed by atoms with Gasteiger partial charge in [-0.25, -0.2) is 4.39 Å². The number of nitrogens with two attached hydrogens (primary N) is 1. The van der Waals surface area contributed by atoms with Crippen LogP contribution < -0.4 is 10.6 Å². The molecule has 2 aliphatic rings. The minimum absolute atomic E-state index is 0.0640. The lowest BCUT2D eigenvalue weighted by molar-refractivity contribution is -0.262. The molecule has 0 radical (unpaired) electrons. The van der Waals surface area contributed by atoms with E-state index in [1.54, 1.807) is 12.1 Å². The number of amides is 2. The van der Waals surface area contributed by atoms with Crippen molar-refractivity contribution in [3.05, 3.63) is 63.4 Å². The minimum Gasteiger partial charge on any atom is -0.371 e. The van der Waals surface area contributed by atoms with E-state index in [2.05, 4.69) is 4.90 Å². The van der Waals surface area contributed by atoms with E-state index in [9.17, 15) is 32.3 Å². The zero-order chi connectivity index (χ0) is 28.5. The third kappa shape index (κ3) is 6.28. The van der Waals surface area contributed by atoms with Gasteiger partial charge in [-0.2, -0.15) is 13.2 Å². The van der Waals surface area contributed by atoms with Gasteiger partial charge in [-0.1, -0.05) is 23.2 Å². The number of primary amides is 1. The molecule has 2 fully saturated rings. The lowest BCUT2D eigenvalue weighted by Gasteiger charge is -2.40. The molecule has 6 nitrogen and oxygen atoms in total. The predicted octanol–water partition coefficient (Wildman–Crippen LogP) is 5.53. The molecule has 2 aromatic carbocycles. The second kappa shape index (κ2) is 11.5. The highest BCUT2D eigenvalue weighted by atomic mass is 35.5. The quantitative estimate of drug-likeness (QED) is 0.434. The lowest BCUT2D eigenvalue weighted by Crippen LogP contribution is -2.57. The molecule has 0 bridgehead atoms. The summed E-state index contributed by atoms with van der Waals surface area (Å²) in [5.74, 6) is -2.53. The number of aliphatic hydroxyl groups is 1. The number of likely N-dealkylation sites (tertiary alicyclic amines) is 1. The lowest BCUT2D eigenvalue weighted by atomic mass is 9.82. The molecule has 1 unspecified atom stereocenters. The zero-order valence-corrected chi connectivity index (χ0v) is 22.5. The van der Waals surface area contributed by atoms with Crippen LogP contribution in [0.15, 0.2) is 36.4 Å². The molecule has 212 valence electrons. The van der Waals surface area contributed by atoms with Gasteiger partial charge in [0.05, 0.1) is 10.6 Å². The van der Waals surface area contributed by atoms with E-state index in [4.69, 9.17) is 28.9 Å². The zero-order valence-electron chi connectivity index (χ0n) is 21.0. The van der Waals surface area contributed by atoms with Crippen molar-refractivity contribution in [2.24, 2.45) is 17.6 Å². The summed E-state index contributed by atoms with van der Waals surface area (Å²) in [7, 11) is 0. The van der Waals surface area contributed by atoms with Gasteiger partial charge in [-0.05, 0) is 80.3 Å². The highest BCUT2D eigenvalue weighted by Crippen LogP contribution is 2.42. The van der Waals surface area contributed by atoms with Crippen LogP contribution in [0, 0.1) is 17.7 Å². The molecule has 0 aromatic heterocycles. The number of hydrogen-bond acceptors (Lipinski definition) is 4. The van der Waals surface area contributed by atoms with Crippen LogP contribution >= 0.6 is 23.2 Å². The van der Waals surface area contributed by atoms with E-state index in [1.807, 2.05) is 6.07 Å². The average Bonchev–Trinajstić information content (AvgIpc) is 2.87. The van der Waals surface area contributed by atoms with Crippen LogP contribution in [-0.4, -0.2) is 54.2 Å². The van der Waals surface area contributed by atoms with Crippen molar-refractivity contribution in [3.8, 4) is 0 Å². The van der Waals surface area contributed by atoms with Crippen LogP contribution in [0.1, 0.15) is 48.0 Å². The van der Waals surface area contributed by atoms with Gasteiger partial charge in [0.25, 0.3) is 11.5 Å². The maximum absolute atomic E-state index is 14.0. The van der Waals surface area contributed by atoms with Gasteiger partial charge in [0.15, 0.2) is 0 Å². The fraction of sp³-hybridized carbons (Fsp3) is 0.481. The summed E-state index contributed by atoms with van der Waals surface area (Å²) in [5, 5.41) is 10.6. The van der Waals surface area contributed by atoms with Gasteiger partial charge in [-0.15, -0.1) is 0 Å². The number of piperidine rings is 2. The highest BCUT2D eigenvalue weighted by Gasteiger charge is 2.62. The molecule has 2 aliphatic heterocycles. The van der Waals surface area contributed by atoms with Crippen LogP contribution in [-0.2, 0) is 10.4 Å². The minimum atomic E-state index is -5.36. The van der Waals surface area contributed by atoms with Crippen LogP contribution in [0.25, 0.3) is 0 Å². The van der Waals surface area contributed by atoms with Crippen molar-refractivity contribution in [1.29, 1.82) is 0 Å². The Hall–Kier alpha value is -2.56. The Balaban J connectivity index is 1.33. The third-order valence-corrected chi connectivity index (χ3v) is 8.30. The summed E-state index contributed by atoms with van der Waals surface area (Å²) in [5.41, 5.74) is 1.66. The monoisotopic (exact) mass is 589 g/mol. The standard InChI is InChI=1S/C27H29Cl2F4N3O3/c28-19-12-18(13-20(30)14-19)26(39,27(31,32)33)25(38)36-9-5-17(6-10-36)11-16-3-7-35(8-4-16)21-1-2-22(24(34)37)23(29)15-21/h1-2,12-17,39H,3-11H2,(H2,34,37). The summed E-state index contributed by atoms with van der Waals surface area (Å²) in [6.07, 6.45) is -1.62. The molecule has 12 heteroatoms. The summed E-state index contributed by atoms with van der Waals surface area (Å²) < 4.78 is 55.7. The molecule has 3 N–H and O–H groups in total. The van der Waals surface area contributed by atoms with Crippen LogP contribution in [0.2, 0.25) is 10.0 Å². The maximum atomic E-state index is 14.0. The largest absolute Gasteiger partial charge is 0.430 e. The van der Waals surface area contributed by atoms with Gasteiger partial charge < -0.3 is 20.6 Å². The first-order chi connectivity index (χ1) is 18.3. The average molecular weight is 590 g/mol. The smallest absolute Gasteiger partial charge is 0.371 e. The van der Waals surface area contributed by atoms with Gasteiger partial charge >= 0.3 is 6.18 Å². The van der Waals surface area contributed by atoms with Crippen molar-refractivity contribution in [2.45, 2.75) is 43.9 Å². The first kappa shape index (κ1) is 29.4. The number of alkyl halides is 3. The SMILES string of the molecule is NC(=O)c1ccc(N2CCC(CC3CCN(C(=O)C(O)(c4cc(F)cc(Cl)c4)C(F)(F)F)CC3)CC2)cc1Cl. The van der Waals surface area contributed by atoms with Crippen molar-refractivity contribution in [2.75, 3.05) is 31.1 Å². The van der Waals surface area contributed by atoms with E-state index in [0.29, 0.717) is 29.8 Å². The number of carbonyl (C=O) groups is 2. The summed E-state index contributed by atoms with van der Waals surface area (Å²) in [6, 6.07) is 7.21. The Morgan fingerprint density at radius 1 is 0.949 bits per heavy atom. The van der Waals surface area contributed by atoms with Gasteiger partial charge in [0.1, 0.15) is 5.82 Å². The molecule has 2 aromatic rings. The van der Waals surface area contributed by atoms with E-state index in [-0.39, 0.29) is 29.6 Å². The van der Waals surface area contributed by atoms with Crippen LogP contribution in [0.3, 0.4) is 0 Å². The fourth-order valence-corrected chi connectivity index (χ4v) is 6.06. The maximum Gasteiger partial charge on any atom is 0.430 e. The summed E-state index contributed by atoms with van der Waals surface area (Å²) >= 11 is 11.9. The molecule has 2 saturated heterocycles. The first-order valence-corrected chi connectivity index (χ1v) is 13.4. The van der Waals surface area contributed by atoms with E-state index >= 15 is 0 Å². The molecule has 0 aliphatic carbocycles. The van der Waals surface area contributed by atoms with Crippen molar-refractivity contribution in [3.63, 3.8) is 0 Å². The molecule has 4 rings (SSSR count). The third-order valence-electron chi connectivity index (χ3n) is 7.77. The van der Waals surface area contributed by atoms with E-state index in [1.165, 1.54) is 0 Å². The molecule has 0 spiro atoms. The molecule has 39 heavy (non-hydrogen) atoms. The van der Waals surface area contributed by atoms with Gasteiger partial charge in [0, 0.05) is 42.5 Å². The second-order valence-electron chi connectivity index (χ2n) is 10.3. The van der Waals surface area contributed by atoms with Crippen LogP contribution in [0.4, 0.5) is 23.2 Å². The van der Waals surface area contributed by atoms with Gasteiger partial charge in [0.2, 0.25) is 5.91 Å². The number of carbonyl (C=O) groups excluding carboxylic acids is 2. The number of rotatable bonds is 6. The van der Waals surface area contributed by atoms with Crippen molar-refractivity contribution < 1.29 is 32.3 Å². The molecule has 0 saturated carbocycles. The molecular formula is C27H29Cl2F4N3O3. The predicted molar refractivity (Wildman–Crippen MR) is 140 cm³/mol. The van der Waals surface area contributed by atoms with Gasteiger partial charge in [-0.3, -0.25) is 9.59 Å². The van der Waals surface area contributed by atoms with Crippen LogP contribution in [0.5, 0.6) is 0 Å². The van der Waals surface area contributed by atoms with E-state index < -0.39 is 35.0 Å². The second-order valence-corrected chi connectivity index (χ2v) is 11.1. The van der Waals surface area contributed by atoms with E-state index in [0.717, 1.165) is 55.1 Å². The number of halogens is 6. The normalized spacial score (nSPS) is 19.2. The number of anilines is 1. The molecular weight excluding hydrogens is 561 g/mol. The number of benzene rings is 2. The molecule has 1 atom stereocenters. The van der Waals surface area contributed by atoms with Crippen molar-refractivity contribution in [1.82, 2.24) is 4.90 Å². The first-order valence-electron chi connectivity index (χ1n) is 12.7. The summed E-state index contributed by atoms with van der Waals surface area (Å²) in [4.78, 5) is 27.6. The Morgan fingerprint density at radius 2 is 1.54 bits per heavy atom. The Kier molecular flexibility index (Phi) is 8.68. The summed E-state index contributed by atoms with van der Waals surface area (Å²) in [6.45, 7) is 1.72. The van der Waals surface area contributed by atoms with Crippen molar-refractivity contribution >= 4 is 40.7 Å². The highest BCUT2D eigenvalue weighted by molar-refractivity contribution is 6.34. The Labute approximate surface area is 233 Å². The molecule has 2 heterocycles. The topological polar surface area (TPSA) is 86.9 Å². The number of hydrogen-bond donors (Lipinski definition) is 2. The molecule has 2 amide bonds. The fourth-order valence-electron chi connectivity index (χ4n) is 5.57. The number of nitrogens with zero attached hydrogens (tertiary/aromatic N) is 2.